The number of halogens is 2. The van der Waals surface area contributed by atoms with E-state index in [2.05, 4.69) is 5.32 Å². The molecule has 0 saturated heterocycles. The zero-order valence-electron chi connectivity index (χ0n) is 12.6. The molecular weight excluding hydrogens is 304 g/mol. The molecule has 0 unspecified atom stereocenters. The Bertz CT molecular complexity index is 659. The van der Waals surface area contributed by atoms with Gasteiger partial charge in [0.2, 0.25) is 5.91 Å². The maximum Gasteiger partial charge on any atom is 0.227 e. The van der Waals surface area contributed by atoms with Crippen LogP contribution in [0.25, 0.3) is 0 Å². The van der Waals surface area contributed by atoms with Crippen LogP contribution in [0.15, 0.2) is 42.5 Å². The molecule has 6 heteroatoms. The van der Waals surface area contributed by atoms with Crippen molar-refractivity contribution in [3.63, 3.8) is 0 Å². The number of anilines is 1. The van der Waals surface area contributed by atoms with Crippen LogP contribution < -0.4 is 14.8 Å². The molecule has 1 amide bonds. The van der Waals surface area contributed by atoms with Crippen molar-refractivity contribution in [2.75, 3.05) is 18.5 Å². The molecule has 0 radical (unpaired) electrons. The smallest absolute Gasteiger partial charge is 0.227 e. The van der Waals surface area contributed by atoms with Gasteiger partial charge in [-0.15, -0.1) is 0 Å². The van der Waals surface area contributed by atoms with E-state index in [-0.39, 0.29) is 24.6 Å². The third kappa shape index (κ3) is 5.25. The monoisotopic (exact) mass is 321 g/mol. The molecule has 0 atom stereocenters. The summed E-state index contributed by atoms with van der Waals surface area (Å²) >= 11 is 0. The molecule has 0 aliphatic carbocycles. The first-order valence-corrected chi connectivity index (χ1v) is 7.19. The number of rotatable bonds is 7. The number of carbonyl (C=O) groups is 1. The van der Waals surface area contributed by atoms with Crippen LogP contribution in [0.3, 0.4) is 0 Å². The zero-order valence-corrected chi connectivity index (χ0v) is 12.6. The Balaban J connectivity index is 1.76. The minimum Gasteiger partial charge on any atom is -0.494 e. The Morgan fingerprint density at radius 1 is 1.00 bits per heavy atom. The minimum atomic E-state index is -1.01. The van der Waals surface area contributed by atoms with E-state index in [0.717, 1.165) is 17.9 Å². The van der Waals surface area contributed by atoms with Gasteiger partial charge >= 0.3 is 0 Å². The van der Waals surface area contributed by atoms with Gasteiger partial charge < -0.3 is 14.8 Å². The van der Waals surface area contributed by atoms with Crippen molar-refractivity contribution in [3.05, 3.63) is 54.1 Å². The summed E-state index contributed by atoms with van der Waals surface area (Å²) in [5.41, 5.74) is 0.204. The Kier molecular flexibility index (Phi) is 5.91. The highest BCUT2D eigenvalue weighted by molar-refractivity contribution is 5.90. The molecule has 1 N–H and O–H groups in total. The van der Waals surface area contributed by atoms with Crippen LogP contribution in [-0.2, 0) is 4.79 Å². The molecule has 2 rings (SSSR count). The first-order valence-electron chi connectivity index (χ1n) is 7.19. The Morgan fingerprint density at radius 3 is 2.26 bits per heavy atom. The van der Waals surface area contributed by atoms with Crippen LogP contribution in [0.2, 0.25) is 0 Å². The highest BCUT2D eigenvalue weighted by Crippen LogP contribution is 2.18. The summed E-state index contributed by atoms with van der Waals surface area (Å²) in [5, 5.41) is 2.48. The van der Waals surface area contributed by atoms with E-state index in [0.29, 0.717) is 12.4 Å². The third-order valence-electron chi connectivity index (χ3n) is 2.94. The molecule has 0 heterocycles. The molecular formula is C17H17F2NO3. The second kappa shape index (κ2) is 8.12. The highest BCUT2D eigenvalue weighted by Gasteiger charge is 2.06. The summed E-state index contributed by atoms with van der Waals surface area (Å²) in [6, 6.07) is 10.2. The zero-order chi connectivity index (χ0) is 16.7. The van der Waals surface area contributed by atoms with Gasteiger partial charge in [-0.2, -0.15) is 0 Å². The van der Waals surface area contributed by atoms with Crippen LogP contribution in [0.5, 0.6) is 11.5 Å². The second-order valence-electron chi connectivity index (χ2n) is 4.68. The quantitative estimate of drug-likeness (QED) is 0.844. The van der Waals surface area contributed by atoms with Crippen LogP contribution in [-0.4, -0.2) is 19.1 Å². The fourth-order valence-electron chi connectivity index (χ4n) is 1.86. The normalized spacial score (nSPS) is 10.2. The molecule has 0 aliphatic heterocycles. The van der Waals surface area contributed by atoms with E-state index in [4.69, 9.17) is 9.47 Å². The van der Waals surface area contributed by atoms with E-state index in [1.54, 1.807) is 24.3 Å². The summed E-state index contributed by atoms with van der Waals surface area (Å²) in [4.78, 5) is 11.7. The Hall–Kier alpha value is -2.63. The first kappa shape index (κ1) is 16.7. The van der Waals surface area contributed by atoms with E-state index in [9.17, 15) is 13.6 Å². The number of ether oxygens (including phenoxy) is 2. The van der Waals surface area contributed by atoms with Crippen molar-refractivity contribution < 1.29 is 23.0 Å². The predicted molar refractivity (Wildman–Crippen MR) is 82.7 cm³/mol. The molecule has 0 aliphatic rings. The number of amides is 1. The Morgan fingerprint density at radius 2 is 1.65 bits per heavy atom. The Labute approximate surface area is 133 Å². The summed E-state index contributed by atoms with van der Waals surface area (Å²) in [7, 11) is 0. The molecule has 0 saturated carbocycles. The van der Waals surface area contributed by atoms with Gasteiger partial charge in [-0.3, -0.25) is 4.79 Å². The van der Waals surface area contributed by atoms with Crippen molar-refractivity contribution in [3.8, 4) is 11.5 Å². The van der Waals surface area contributed by atoms with Crippen molar-refractivity contribution >= 4 is 11.6 Å². The highest BCUT2D eigenvalue weighted by atomic mass is 19.2. The number of nitrogens with one attached hydrogen (secondary N) is 1. The minimum absolute atomic E-state index is 0.0895. The number of hydrogen-bond donors (Lipinski definition) is 1. The lowest BCUT2D eigenvalue weighted by atomic mass is 10.3. The van der Waals surface area contributed by atoms with Crippen LogP contribution in [0.1, 0.15) is 13.3 Å². The lowest BCUT2D eigenvalue weighted by Gasteiger charge is -2.08. The largest absolute Gasteiger partial charge is 0.494 e. The van der Waals surface area contributed by atoms with Gasteiger partial charge in [0.15, 0.2) is 11.6 Å². The van der Waals surface area contributed by atoms with E-state index < -0.39 is 11.6 Å². The van der Waals surface area contributed by atoms with Crippen molar-refractivity contribution in [2.45, 2.75) is 13.3 Å². The first-order chi connectivity index (χ1) is 11.1. The van der Waals surface area contributed by atoms with Crippen molar-refractivity contribution in [1.82, 2.24) is 0 Å². The summed E-state index contributed by atoms with van der Waals surface area (Å²) < 4.78 is 36.6. The van der Waals surface area contributed by atoms with Crippen molar-refractivity contribution in [2.24, 2.45) is 0 Å². The SMILES string of the molecule is CCOc1ccc(OCCC(=O)Nc2ccc(F)c(F)c2)cc1. The maximum absolute atomic E-state index is 13.0. The molecule has 0 fully saturated rings. The van der Waals surface area contributed by atoms with Gasteiger partial charge in [0, 0.05) is 11.8 Å². The topological polar surface area (TPSA) is 47.6 Å². The average Bonchev–Trinajstić information content (AvgIpc) is 2.53. The standard InChI is InChI=1S/C17H17F2NO3/c1-2-22-13-4-6-14(7-5-13)23-10-9-17(21)20-12-3-8-15(18)16(19)11-12/h3-8,11H,2,9-10H2,1H3,(H,20,21). The van der Waals surface area contributed by atoms with Gasteiger partial charge in [-0.05, 0) is 43.3 Å². The summed E-state index contributed by atoms with van der Waals surface area (Å²) in [5.74, 6) is -0.942. The molecule has 23 heavy (non-hydrogen) atoms. The molecule has 0 bridgehead atoms. The summed E-state index contributed by atoms with van der Waals surface area (Å²) in [6.45, 7) is 2.66. The molecule has 4 nitrogen and oxygen atoms in total. The third-order valence-corrected chi connectivity index (χ3v) is 2.94. The van der Waals surface area contributed by atoms with Crippen LogP contribution >= 0.6 is 0 Å². The molecule has 0 aromatic heterocycles. The van der Waals surface area contributed by atoms with Crippen LogP contribution in [0.4, 0.5) is 14.5 Å². The lowest BCUT2D eigenvalue weighted by molar-refractivity contribution is -0.116. The van der Waals surface area contributed by atoms with Gasteiger partial charge in [-0.1, -0.05) is 0 Å². The number of hydrogen-bond acceptors (Lipinski definition) is 3. The van der Waals surface area contributed by atoms with Gasteiger partial charge in [-0.25, -0.2) is 8.78 Å². The molecule has 2 aromatic carbocycles. The van der Waals surface area contributed by atoms with E-state index in [1.165, 1.54) is 6.07 Å². The van der Waals surface area contributed by atoms with Crippen molar-refractivity contribution in [1.29, 1.82) is 0 Å². The molecule has 0 spiro atoms. The fourth-order valence-corrected chi connectivity index (χ4v) is 1.86. The number of benzene rings is 2. The average molecular weight is 321 g/mol. The van der Waals surface area contributed by atoms with Gasteiger partial charge in [0.1, 0.15) is 11.5 Å². The van der Waals surface area contributed by atoms with Gasteiger partial charge in [0.05, 0.1) is 19.6 Å². The predicted octanol–water partition coefficient (Wildman–Crippen LogP) is 3.77. The molecule has 2 aromatic rings. The fraction of sp³-hybridized carbons (Fsp3) is 0.235. The number of carbonyl (C=O) groups excluding carboxylic acids is 1. The molecule has 122 valence electrons. The van der Waals surface area contributed by atoms with Crippen LogP contribution in [0, 0.1) is 11.6 Å². The van der Waals surface area contributed by atoms with Gasteiger partial charge in [0.25, 0.3) is 0 Å². The van der Waals surface area contributed by atoms with E-state index >= 15 is 0 Å². The lowest BCUT2D eigenvalue weighted by Crippen LogP contribution is -2.15. The second-order valence-corrected chi connectivity index (χ2v) is 4.68. The maximum atomic E-state index is 13.0. The van der Waals surface area contributed by atoms with E-state index in [1.807, 2.05) is 6.92 Å². The summed E-state index contributed by atoms with van der Waals surface area (Å²) in [6.07, 6.45) is 0.0895.